The van der Waals surface area contributed by atoms with E-state index in [2.05, 4.69) is 20.6 Å². The number of rotatable bonds is 7. The highest BCUT2D eigenvalue weighted by Crippen LogP contribution is 2.29. The maximum Gasteiger partial charge on any atom is 0.250 e. The van der Waals surface area contributed by atoms with Crippen molar-refractivity contribution in [1.29, 1.82) is 0 Å². The van der Waals surface area contributed by atoms with Crippen LogP contribution in [-0.4, -0.2) is 32.6 Å². The van der Waals surface area contributed by atoms with Crippen molar-refractivity contribution in [1.82, 2.24) is 20.2 Å². The fraction of sp³-hybridized carbons (Fsp3) is 0.143. The highest BCUT2D eigenvalue weighted by atomic mass is 35.5. The van der Waals surface area contributed by atoms with Gasteiger partial charge in [-0.2, -0.15) is 10.2 Å². The zero-order valence-corrected chi connectivity index (χ0v) is 18.5. The Morgan fingerprint density at radius 2 is 2.00 bits per heavy atom. The molecule has 0 aliphatic carbocycles. The molecule has 0 unspecified atom stereocenters. The number of fused-ring (bicyclic) bond motifs is 1. The molecule has 0 radical (unpaired) electrons. The normalized spacial score (nSPS) is 11.4. The van der Waals surface area contributed by atoms with Crippen LogP contribution < -0.4 is 5.43 Å². The Kier molecular flexibility index (Phi) is 6.47. The Bertz CT molecular complexity index is 1170. The van der Waals surface area contributed by atoms with Gasteiger partial charge in [-0.3, -0.25) is 4.79 Å². The molecule has 2 heterocycles. The number of amides is 1. The van der Waals surface area contributed by atoms with Crippen LogP contribution in [0.1, 0.15) is 16.8 Å². The molecule has 0 spiro atoms. The van der Waals surface area contributed by atoms with E-state index in [1.165, 1.54) is 18.0 Å². The van der Waals surface area contributed by atoms with Gasteiger partial charge in [-0.05, 0) is 24.6 Å². The molecular formula is C21H18ClN5OS2. The van der Waals surface area contributed by atoms with Crippen LogP contribution in [0.4, 0.5) is 0 Å². The third-order valence-corrected chi connectivity index (χ3v) is 6.85. The van der Waals surface area contributed by atoms with E-state index in [1.54, 1.807) is 16.0 Å². The number of nitrogens with one attached hydrogen (secondary N) is 1. The maximum atomic E-state index is 12.1. The van der Waals surface area contributed by atoms with Crippen LogP contribution in [0.3, 0.4) is 0 Å². The summed E-state index contributed by atoms with van der Waals surface area (Å²) in [7, 11) is 0. The van der Waals surface area contributed by atoms with Gasteiger partial charge in [0.15, 0.2) is 4.34 Å². The summed E-state index contributed by atoms with van der Waals surface area (Å²) in [6.45, 7) is 2.43. The Balaban J connectivity index is 1.34. The van der Waals surface area contributed by atoms with Crippen LogP contribution in [0.2, 0.25) is 5.15 Å². The molecule has 0 fully saturated rings. The number of thioether (sulfide) groups is 1. The summed E-state index contributed by atoms with van der Waals surface area (Å²) in [5, 5.41) is 9.00. The Hall–Kier alpha value is -2.68. The SMILES string of the molecule is Cc1nn(Cc2ccccc2)c(Cl)c1/C=N\NC(=O)CSc1nc2ccccc2s1. The second-order valence-electron chi connectivity index (χ2n) is 6.46. The fourth-order valence-electron chi connectivity index (χ4n) is 2.82. The Morgan fingerprint density at radius 1 is 1.23 bits per heavy atom. The fourth-order valence-corrected chi connectivity index (χ4v) is 4.96. The number of nitrogens with zero attached hydrogens (tertiary/aromatic N) is 4. The highest BCUT2D eigenvalue weighted by Gasteiger charge is 2.12. The molecule has 152 valence electrons. The van der Waals surface area contributed by atoms with Crippen LogP contribution in [0, 0.1) is 6.92 Å². The zero-order chi connectivity index (χ0) is 20.9. The van der Waals surface area contributed by atoms with Crippen molar-refractivity contribution >= 4 is 57.0 Å². The second-order valence-corrected chi connectivity index (χ2v) is 9.07. The van der Waals surface area contributed by atoms with E-state index in [0.29, 0.717) is 17.3 Å². The number of hydrazone groups is 1. The Morgan fingerprint density at radius 3 is 2.80 bits per heavy atom. The number of benzene rings is 2. The molecule has 30 heavy (non-hydrogen) atoms. The summed E-state index contributed by atoms with van der Waals surface area (Å²) in [5.74, 6) is 0.0258. The first-order chi connectivity index (χ1) is 14.6. The third kappa shape index (κ3) is 4.89. The molecule has 4 aromatic rings. The molecule has 2 aromatic heterocycles. The van der Waals surface area contributed by atoms with E-state index in [1.807, 2.05) is 61.5 Å². The molecule has 0 saturated heterocycles. The minimum atomic E-state index is -0.207. The third-order valence-electron chi connectivity index (χ3n) is 4.27. The number of aromatic nitrogens is 3. The predicted octanol–water partition coefficient (Wildman–Crippen LogP) is 4.75. The largest absolute Gasteiger partial charge is 0.272 e. The lowest BCUT2D eigenvalue weighted by atomic mass is 10.2. The molecule has 0 aliphatic rings. The van der Waals surface area contributed by atoms with Crippen LogP contribution in [0.5, 0.6) is 0 Å². The quantitative estimate of drug-likeness (QED) is 0.248. The van der Waals surface area contributed by atoms with Crippen molar-refractivity contribution in [2.24, 2.45) is 5.10 Å². The van der Waals surface area contributed by atoms with Crippen molar-refractivity contribution in [3.05, 3.63) is 76.6 Å². The van der Waals surface area contributed by atoms with Gasteiger partial charge in [0.2, 0.25) is 0 Å². The summed E-state index contributed by atoms with van der Waals surface area (Å²) in [6, 6.07) is 17.9. The molecule has 0 bridgehead atoms. The molecule has 0 aliphatic heterocycles. The number of para-hydroxylation sites is 1. The van der Waals surface area contributed by atoms with E-state index in [9.17, 15) is 4.79 Å². The molecule has 1 N–H and O–H groups in total. The first-order valence-electron chi connectivity index (χ1n) is 9.17. The molecular weight excluding hydrogens is 438 g/mol. The summed E-state index contributed by atoms with van der Waals surface area (Å²) in [4.78, 5) is 16.6. The monoisotopic (exact) mass is 455 g/mol. The minimum absolute atomic E-state index is 0.207. The first kappa shape index (κ1) is 20.6. The summed E-state index contributed by atoms with van der Waals surface area (Å²) < 4.78 is 3.69. The average Bonchev–Trinajstić information content (AvgIpc) is 3.28. The van der Waals surface area contributed by atoms with Gasteiger partial charge in [-0.1, -0.05) is 65.8 Å². The van der Waals surface area contributed by atoms with Crippen molar-refractivity contribution in [3.8, 4) is 0 Å². The van der Waals surface area contributed by atoms with E-state index in [0.717, 1.165) is 25.8 Å². The van der Waals surface area contributed by atoms with Gasteiger partial charge >= 0.3 is 0 Å². The van der Waals surface area contributed by atoms with E-state index < -0.39 is 0 Å². The number of hydrogen-bond donors (Lipinski definition) is 1. The smallest absolute Gasteiger partial charge is 0.250 e. The lowest BCUT2D eigenvalue weighted by Gasteiger charge is -2.03. The first-order valence-corrected chi connectivity index (χ1v) is 11.4. The zero-order valence-electron chi connectivity index (χ0n) is 16.1. The molecule has 0 saturated carbocycles. The minimum Gasteiger partial charge on any atom is -0.272 e. The average molecular weight is 456 g/mol. The molecule has 1 amide bonds. The van der Waals surface area contributed by atoms with Gasteiger partial charge in [0.1, 0.15) is 5.15 Å². The molecule has 4 rings (SSSR count). The van der Waals surface area contributed by atoms with Crippen LogP contribution in [0.15, 0.2) is 64.0 Å². The summed E-state index contributed by atoms with van der Waals surface area (Å²) in [6.07, 6.45) is 1.53. The highest BCUT2D eigenvalue weighted by molar-refractivity contribution is 8.01. The van der Waals surface area contributed by atoms with Crippen molar-refractivity contribution < 1.29 is 4.79 Å². The molecule has 9 heteroatoms. The number of hydrogen-bond acceptors (Lipinski definition) is 6. The van der Waals surface area contributed by atoms with Gasteiger partial charge in [0.05, 0.1) is 40.0 Å². The summed E-state index contributed by atoms with van der Waals surface area (Å²) >= 11 is 9.42. The topological polar surface area (TPSA) is 72.2 Å². The van der Waals surface area contributed by atoms with Crippen molar-refractivity contribution in [3.63, 3.8) is 0 Å². The lowest BCUT2D eigenvalue weighted by molar-refractivity contribution is -0.118. The number of halogens is 1. The maximum absolute atomic E-state index is 12.1. The summed E-state index contributed by atoms with van der Waals surface area (Å²) in [5.41, 5.74) is 6.02. The predicted molar refractivity (Wildman–Crippen MR) is 124 cm³/mol. The van der Waals surface area contributed by atoms with Crippen molar-refractivity contribution in [2.45, 2.75) is 17.8 Å². The molecule has 2 aromatic carbocycles. The van der Waals surface area contributed by atoms with Gasteiger partial charge in [0, 0.05) is 0 Å². The van der Waals surface area contributed by atoms with Gasteiger partial charge in [-0.25, -0.2) is 15.1 Å². The molecule has 0 atom stereocenters. The van der Waals surface area contributed by atoms with Gasteiger partial charge in [0.25, 0.3) is 5.91 Å². The second kappa shape index (κ2) is 9.42. The lowest BCUT2D eigenvalue weighted by Crippen LogP contribution is -2.19. The van der Waals surface area contributed by atoms with E-state index in [4.69, 9.17) is 11.6 Å². The number of carbonyl (C=O) groups is 1. The van der Waals surface area contributed by atoms with Crippen LogP contribution in [0.25, 0.3) is 10.2 Å². The van der Waals surface area contributed by atoms with Gasteiger partial charge in [-0.15, -0.1) is 11.3 Å². The number of carbonyl (C=O) groups excluding carboxylic acids is 1. The van der Waals surface area contributed by atoms with Crippen LogP contribution >= 0.6 is 34.7 Å². The standard InChI is InChI=1S/C21H18ClN5OS2/c1-14-16(20(22)27(26-14)12-15-7-3-2-4-8-15)11-23-25-19(28)13-29-21-24-17-9-5-6-10-18(17)30-21/h2-11H,12-13H2,1H3,(H,25,28)/b23-11-. The molecule has 6 nitrogen and oxygen atoms in total. The Labute approximate surface area is 187 Å². The van der Waals surface area contributed by atoms with E-state index >= 15 is 0 Å². The number of aryl methyl sites for hydroxylation is 1. The van der Waals surface area contributed by atoms with Gasteiger partial charge < -0.3 is 0 Å². The van der Waals surface area contributed by atoms with Crippen molar-refractivity contribution in [2.75, 3.05) is 5.75 Å². The van der Waals surface area contributed by atoms with E-state index in [-0.39, 0.29) is 11.7 Å². The van der Waals surface area contributed by atoms with Crippen LogP contribution in [-0.2, 0) is 11.3 Å². The number of thiazole rings is 1.